The molecule has 0 amide bonds. The van der Waals surface area contributed by atoms with Gasteiger partial charge in [-0.1, -0.05) is 30.8 Å². The number of likely N-dealkylation sites (tertiary alicyclic amines) is 1. The van der Waals surface area contributed by atoms with Gasteiger partial charge in [0, 0.05) is 12.5 Å². The lowest BCUT2D eigenvalue weighted by atomic mass is 10.0. The molecule has 1 atom stereocenters. The molecule has 0 radical (unpaired) electrons. The van der Waals surface area contributed by atoms with E-state index in [0.29, 0.717) is 11.7 Å². The minimum Gasteiger partial charge on any atom is -0.339 e. The Bertz CT molecular complexity index is 406. The Hall–Kier alpha value is -0.940. The van der Waals surface area contributed by atoms with Gasteiger partial charge in [-0.3, -0.25) is 0 Å². The first-order chi connectivity index (χ1) is 9.83. The van der Waals surface area contributed by atoms with Crippen molar-refractivity contribution in [1.29, 1.82) is 0 Å². The Labute approximate surface area is 120 Å². The third kappa shape index (κ3) is 3.38. The van der Waals surface area contributed by atoms with Crippen molar-refractivity contribution in [3.8, 4) is 0 Å². The molecule has 2 N–H and O–H groups in total. The van der Waals surface area contributed by atoms with E-state index in [9.17, 15) is 0 Å². The first-order valence-corrected chi connectivity index (χ1v) is 8.14. The van der Waals surface area contributed by atoms with E-state index >= 15 is 0 Å². The minimum atomic E-state index is -0.114. The minimum absolute atomic E-state index is 0.114. The summed E-state index contributed by atoms with van der Waals surface area (Å²) in [7, 11) is 0. The molecule has 5 heteroatoms. The van der Waals surface area contributed by atoms with Crippen LogP contribution in [0.25, 0.3) is 0 Å². The van der Waals surface area contributed by atoms with Crippen LogP contribution in [0, 0.1) is 0 Å². The van der Waals surface area contributed by atoms with E-state index in [0.717, 1.165) is 25.5 Å². The molecule has 1 aliphatic heterocycles. The zero-order valence-electron chi connectivity index (χ0n) is 12.3. The molecule has 0 spiro atoms. The fourth-order valence-corrected chi connectivity index (χ4v) is 3.42. The van der Waals surface area contributed by atoms with Crippen molar-refractivity contribution in [3.05, 3.63) is 11.7 Å². The summed E-state index contributed by atoms with van der Waals surface area (Å²) in [6.45, 7) is 3.16. The molecular formula is C15H26N4O. The lowest BCUT2D eigenvalue weighted by Gasteiger charge is -2.17. The van der Waals surface area contributed by atoms with Crippen LogP contribution in [-0.2, 0) is 0 Å². The molecule has 1 aliphatic carbocycles. The second-order valence-corrected chi connectivity index (χ2v) is 6.29. The van der Waals surface area contributed by atoms with E-state index in [4.69, 9.17) is 10.3 Å². The molecule has 112 valence electrons. The standard InChI is InChI=1S/C15H26N4O/c16-13(11-19-9-5-6-10-19)14-17-15(20-18-14)12-7-3-1-2-4-8-12/h12-13H,1-11,16H2. The van der Waals surface area contributed by atoms with Crippen molar-refractivity contribution < 1.29 is 4.52 Å². The van der Waals surface area contributed by atoms with Crippen LogP contribution in [0.2, 0.25) is 0 Å². The third-order valence-electron chi connectivity index (χ3n) is 4.65. The van der Waals surface area contributed by atoms with E-state index in [2.05, 4.69) is 15.0 Å². The van der Waals surface area contributed by atoms with Crippen molar-refractivity contribution in [1.82, 2.24) is 15.0 Å². The molecule has 2 heterocycles. The molecule has 0 aromatic carbocycles. The largest absolute Gasteiger partial charge is 0.339 e. The Morgan fingerprint density at radius 3 is 2.50 bits per heavy atom. The fraction of sp³-hybridized carbons (Fsp3) is 0.867. The second-order valence-electron chi connectivity index (χ2n) is 6.29. The second kappa shape index (κ2) is 6.68. The summed E-state index contributed by atoms with van der Waals surface area (Å²) in [5.74, 6) is 1.97. The maximum absolute atomic E-state index is 6.22. The van der Waals surface area contributed by atoms with E-state index in [1.54, 1.807) is 0 Å². The van der Waals surface area contributed by atoms with Crippen LogP contribution >= 0.6 is 0 Å². The van der Waals surface area contributed by atoms with Crippen LogP contribution in [-0.4, -0.2) is 34.7 Å². The van der Waals surface area contributed by atoms with Crippen LogP contribution in [0.15, 0.2) is 4.52 Å². The first kappa shape index (κ1) is 14.0. The molecule has 1 saturated carbocycles. The zero-order chi connectivity index (χ0) is 13.8. The molecule has 1 saturated heterocycles. The van der Waals surface area contributed by atoms with Crippen molar-refractivity contribution in [3.63, 3.8) is 0 Å². The van der Waals surface area contributed by atoms with E-state index in [1.807, 2.05) is 0 Å². The van der Waals surface area contributed by atoms with Gasteiger partial charge in [-0.15, -0.1) is 0 Å². The maximum Gasteiger partial charge on any atom is 0.229 e. The first-order valence-electron chi connectivity index (χ1n) is 8.14. The summed E-state index contributed by atoms with van der Waals surface area (Å²) >= 11 is 0. The fourth-order valence-electron chi connectivity index (χ4n) is 3.42. The number of hydrogen-bond donors (Lipinski definition) is 1. The summed E-state index contributed by atoms with van der Waals surface area (Å²) in [6.07, 6.45) is 10.2. The third-order valence-corrected chi connectivity index (χ3v) is 4.65. The van der Waals surface area contributed by atoms with Crippen molar-refractivity contribution in [2.75, 3.05) is 19.6 Å². The SMILES string of the molecule is NC(CN1CCCC1)c1noc(C2CCCCCC2)n1. The summed E-state index contributed by atoms with van der Waals surface area (Å²) < 4.78 is 5.49. The maximum atomic E-state index is 6.22. The molecule has 2 aliphatic rings. The van der Waals surface area contributed by atoms with Gasteiger partial charge in [-0.25, -0.2) is 0 Å². The van der Waals surface area contributed by atoms with Gasteiger partial charge >= 0.3 is 0 Å². The van der Waals surface area contributed by atoms with Crippen LogP contribution in [0.4, 0.5) is 0 Å². The lowest BCUT2D eigenvalue weighted by Crippen LogP contribution is -2.30. The topological polar surface area (TPSA) is 68.2 Å². The van der Waals surface area contributed by atoms with Crippen molar-refractivity contribution in [2.45, 2.75) is 63.3 Å². The summed E-state index contributed by atoms with van der Waals surface area (Å²) in [5, 5.41) is 4.13. The van der Waals surface area contributed by atoms with Crippen LogP contribution in [0.1, 0.15) is 75.0 Å². The molecule has 20 heavy (non-hydrogen) atoms. The van der Waals surface area contributed by atoms with Gasteiger partial charge in [0.05, 0.1) is 6.04 Å². The van der Waals surface area contributed by atoms with E-state index in [-0.39, 0.29) is 6.04 Å². The monoisotopic (exact) mass is 278 g/mol. The number of nitrogens with two attached hydrogens (primary N) is 1. The Balaban J connectivity index is 1.59. The van der Waals surface area contributed by atoms with Gasteiger partial charge in [0.2, 0.25) is 5.89 Å². The smallest absolute Gasteiger partial charge is 0.229 e. The van der Waals surface area contributed by atoms with E-state index in [1.165, 1.54) is 51.4 Å². The average Bonchev–Trinajstić information content (AvgIpc) is 3.06. The highest BCUT2D eigenvalue weighted by Gasteiger charge is 2.24. The average molecular weight is 278 g/mol. The molecule has 5 nitrogen and oxygen atoms in total. The Morgan fingerprint density at radius 1 is 1.10 bits per heavy atom. The number of rotatable bonds is 4. The highest BCUT2D eigenvalue weighted by molar-refractivity contribution is 4.99. The molecule has 1 unspecified atom stereocenters. The Morgan fingerprint density at radius 2 is 1.80 bits per heavy atom. The predicted molar refractivity (Wildman–Crippen MR) is 77.3 cm³/mol. The van der Waals surface area contributed by atoms with Gasteiger partial charge in [0.25, 0.3) is 0 Å². The molecule has 1 aromatic rings. The number of aromatic nitrogens is 2. The highest BCUT2D eigenvalue weighted by Crippen LogP contribution is 2.30. The van der Waals surface area contributed by atoms with Gasteiger partial charge in [-0.2, -0.15) is 4.98 Å². The van der Waals surface area contributed by atoms with Crippen LogP contribution in [0.5, 0.6) is 0 Å². The van der Waals surface area contributed by atoms with Crippen LogP contribution < -0.4 is 5.73 Å². The van der Waals surface area contributed by atoms with Gasteiger partial charge in [-0.05, 0) is 38.8 Å². The predicted octanol–water partition coefficient (Wildman–Crippen LogP) is 2.60. The highest BCUT2D eigenvalue weighted by atomic mass is 16.5. The van der Waals surface area contributed by atoms with Crippen molar-refractivity contribution >= 4 is 0 Å². The molecule has 2 fully saturated rings. The van der Waals surface area contributed by atoms with Gasteiger partial charge in [0.15, 0.2) is 5.82 Å². The Kier molecular flexibility index (Phi) is 4.68. The summed E-state index contributed by atoms with van der Waals surface area (Å²) in [4.78, 5) is 6.98. The van der Waals surface area contributed by atoms with E-state index < -0.39 is 0 Å². The molecule has 0 bridgehead atoms. The summed E-state index contributed by atoms with van der Waals surface area (Å²) in [6, 6.07) is -0.114. The number of hydrogen-bond acceptors (Lipinski definition) is 5. The zero-order valence-corrected chi connectivity index (χ0v) is 12.3. The lowest BCUT2D eigenvalue weighted by molar-refractivity contribution is 0.302. The van der Waals surface area contributed by atoms with Gasteiger partial charge in [0.1, 0.15) is 0 Å². The summed E-state index contributed by atoms with van der Waals surface area (Å²) in [5.41, 5.74) is 6.22. The molecule has 1 aromatic heterocycles. The quantitative estimate of drug-likeness (QED) is 0.857. The van der Waals surface area contributed by atoms with Crippen LogP contribution in [0.3, 0.4) is 0 Å². The molecular weight excluding hydrogens is 252 g/mol. The van der Waals surface area contributed by atoms with Gasteiger partial charge < -0.3 is 15.2 Å². The van der Waals surface area contributed by atoms with Crippen molar-refractivity contribution in [2.24, 2.45) is 5.73 Å². The normalized spacial score (nSPS) is 23.9. The number of nitrogens with zero attached hydrogens (tertiary/aromatic N) is 3. The molecule has 3 rings (SSSR count).